The first-order valence-corrected chi connectivity index (χ1v) is 6.50. The molecule has 2 aliphatic carbocycles. The highest BCUT2D eigenvalue weighted by Crippen LogP contribution is 2.48. The topological polar surface area (TPSA) is 75.6 Å². The van der Waals surface area contributed by atoms with Crippen molar-refractivity contribution in [1.82, 2.24) is 5.32 Å². The largest absolute Gasteiger partial charge is 0.481 e. The number of hydrogen-bond donors (Lipinski definition) is 2. The normalized spacial score (nSPS) is 34.4. The average molecular weight is 255 g/mol. The Kier molecular flexibility index (Phi) is 3.25. The molecule has 0 aromatic carbocycles. The van der Waals surface area contributed by atoms with Crippen molar-refractivity contribution >= 4 is 12.1 Å². The van der Waals surface area contributed by atoms with Crippen LogP contribution in [0.15, 0.2) is 0 Å². The first-order valence-electron chi connectivity index (χ1n) is 6.50. The molecule has 0 aromatic rings. The first kappa shape index (κ1) is 13.2. The van der Waals surface area contributed by atoms with E-state index in [1.165, 1.54) is 0 Å². The lowest BCUT2D eigenvalue weighted by Gasteiger charge is -2.30. The molecule has 0 radical (unpaired) electrons. The van der Waals surface area contributed by atoms with Gasteiger partial charge in [0.15, 0.2) is 0 Å². The van der Waals surface area contributed by atoms with Crippen LogP contribution >= 0.6 is 0 Å². The van der Waals surface area contributed by atoms with Crippen LogP contribution in [0.5, 0.6) is 0 Å². The van der Waals surface area contributed by atoms with Gasteiger partial charge in [0, 0.05) is 6.04 Å². The molecule has 0 aliphatic heterocycles. The summed E-state index contributed by atoms with van der Waals surface area (Å²) in [4.78, 5) is 23.0. The number of hydrogen-bond acceptors (Lipinski definition) is 3. The summed E-state index contributed by atoms with van der Waals surface area (Å²) in [6.07, 6.45) is 2.38. The van der Waals surface area contributed by atoms with Gasteiger partial charge in [0.25, 0.3) is 0 Å². The standard InChI is InChI=1S/C13H21NO4/c1-13(2,3)18-12(17)14-10-8-5-4-7(6-8)9(10)11(15)16/h7-10H,4-6H2,1-3H3,(H,14,17)(H,15,16)/t7?,8?,9-,10+/m0/s1. The van der Waals surface area contributed by atoms with E-state index in [2.05, 4.69) is 5.32 Å². The molecule has 2 aliphatic rings. The van der Waals surface area contributed by atoms with Gasteiger partial charge in [-0.25, -0.2) is 4.79 Å². The van der Waals surface area contributed by atoms with Crippen molar-refractivity contribution in [1.29, 1.82) is 0 Å². The molecule has 0 aromatic heterocycles. The number of alkyl carbamates (subject to hydrolysis) is 1. The molecule has 1 amide bonds. The van der Waals surface area contributed by atoms with Crippen molar-refractivity contribution in [3.63, 3.8) is 0 Å². The molecule has 5 heteroatoms. The van der Waals surface area contributed by atoms with Gasteiger partial charge in [0.05, 0.1) is 5.92 Å². The first-order chi connectivity index (χ1) is 8.28. The van der Waals surface area contributed by atoms with E-state index in [-0.39, 0.29) is 12.0 Å². The van der Waals surface area contributed by atoms with Crippen molar-refractivity contribution in [3.05, 3.63) is 0 Å². The third-order valence-corrected chi connectivity index (χ3v) is 3.88. The fraction of sp³-hybridized carbons (Fsp3) is 0.846. The van der Waals surface area contributed by atoms with Gasteiger partial charge in [0.2, 0.25) is 0 Å². The van der Waals surface area contributed by atoms with Crippen LogP contribution in [0.3, 0.4) is 0 Å². The molecule has 2 unspecified atom stereocenters. The van der Waals surface area contributed by atoms with E-state index in [4.69, 9.17) is 4.74 Å². The Morgan fingerprint density at radius 3 is 2.39 bits per heavy atom. The second kappa shape index (κ2) is 4.44. The van der Waals surface area contributed by atoms with E-state index in [9.17, 15) is 14.7 Å². The van der Waals surface area contributed by atoms with E-state index < -0.39 is 23.6 Å². The van der Waals surface area contributed by atoms with Gasteiger partial charge >= 0.3 is 12.1 Å². The van der Waals surface area contributed by atoms with Crippen molar-refractivity contribution in [3.8, 4) is 0 Å². The molecular formula is C13H21NO4. The number of carboxylic acid groups (broad SMARTS) is 1. The molecule has 0 heterocycles. The molecule has 4 atom stereocenters. The van der Waals surface area contributed by atoms with Gasteiger partial charge in [-0.3, -0.25) is 4.79 Å². The summed E-state index contributed by atoms with van der Waals surface area (Å²) in [6, 6.07) is -0.268. The van der Waals surface area contributed by atoms with E-state index >= 15 is 0 Å². The summed E-state index contributed by atoms with van der Waals surface area (Å²) in [5.41, 5.74) is -0.555. The van der Waals surface area contributed by atoms with Gasteiger partial charge in [-0.2, -0.15) is 0 Å². The van der Waals surface area contributed by atoms with Gasteiger partial charge in [-0.15, -0.1) is 0 Å². The third kappa shape index (κ3) is 2.60. The van der Waals surface area contributed by atoms with Gasteiger partial charge in [0.1, 0.15) is 5.60 Å². The van der Waals surface area contributed by atoms with Crippen LogP contribution in [0.25, 0.3) is 0 Å². The minimum absolute atomic E-state index is 0.215. The lowest BCUT2D eigenvalue weighted by atomic mass is 9.84. The summed E-state index contributed by atoms with van der Waals surface area (Å²) in [6.45, 7) is 5.38. The zero-order valence-electron chi connectivity index (χ0n) is 11.1. The highest BCUT2D eigenvalue weighted by molar-refractivity contribution is 5.75. The Bertz CT molecular complexity index is 360. The van der Waals surface area contributed by atoms with Crippen LogP contribution in [0.4, 0.5) is 4.79 Å². The van der Waals surface area contributed by atoms with Crippen LogP contribution in [-0.2, 0) is 9.53 Å². The zero-order valence-corrected chi connectivity index (χ0v) is 11.1. The summed E-state index contributed by atoms with van der Waals surface area (Å²) < 4.78 is 5.19. The average Bonchev–Trinajstić information content (AvgIpc) is 2.73. The molecular weight excluding hydrogens is 234 g/mol. The lowest BCUT2D eigenvalue weighted by Crippen LogP contribution is -2.48. The number of nitrogens with one attached hydrogen (secondary N) is 1. The predicted molar refractivity (Wildman–Crippen MR) is 65.1 cm³/mol. The maximum absolute atomic E-state index is 11.7. The quantitative estimate of drug-likeness (QED) is 0.791. The van der Waals surface area contributed by atoms with Crippen molar-refractivity contribution in [2.24, 2.45) is 17.8 Å². The van der Waals surface area contributed by atoms with E-state index in [0.717, 1.165) is 19.3 Å². The van der Waals surface area contributed by atoms with E-state index in [1.807, 2.05) is 0 Å². The van der Waals surface area contributed by atoms with Crippen molar-refractivity contribution in [2.75, 3.05) is 0 Å². The maximum Gasteiger partial charge on any atom is 0.407 e. The monoisotopic (exact) mass is 255 g/mol. The molecule has 2 bridgehead atoms. The number of rotatable bonds is 2. The Morgan fingerprint density at radius 2 is 1.83 bits per heavy atom. The van der Waals surface area contributed by atoms with Crippen LogP contribution in [0.1, 0.15) is 40.0 Å². The molecule has 5 nitrogen and oxygen atoms in total. The number of ether oxygens (including phenoxy) is 1. The van der Waals surface area contributed by atoms with E-state index in [0.29, 0.717) is 5.92 Å². The van der Waals surface area contributed by atoms with Gasteiger partial charge in [-0.1, -0.05) is 0 Å². The molecule has 0 saturated heterocycles. The summed E-state index contributed by atoms with van der Waals surface area (Å²) in [7, 11) is 0. The SMILES string of the molecule is CC(C)(C)OC(=O)N[C@@H]1C2CCC(C2)[C@@H]1C(=O)O. The fourth-order valence-corrected chi connectivity index (χ4v) is 3.30. The number of carbonyl (C=O) groups excluding carboxylic acids is 1. The summed E-state index contributed by atoms with van der Waals surface area (Å²) in [5.74, 6) is -0.740. The van der Waals surface area contributed by atoms with Gasteiger partial charge < -0.3 is 15.2 Å². The van der Waals surface area contributed by atoms with Crippen LogP contribution < -0.4 is 5.32 Å². The van der Waals surface area contributed by atoms with Crippen LogP contribution in [0, 0.1) is 17.8 Å². The van der Waals surface area contributed by atoms with Crippen molar-refractivity contribution in [2.45, 2.75) is 51.7 Å². The summed E-state index contributed by atoms with van der Waals surface area (Å²) in [5, 5.41) is 12.0. The molecule has 0 spiro atoms. The maximum atomic E-state index is 11.7. The zero-order chi connectivity index (χ0) is 13.5. The minimum atomic E-state index is -0.803. The molecule has 2 rings (SSSR count). The van der Waals surface area contributed by atoms with Crippen LogP contribution in [-0.4, -0.2) is 28.8 Å². The van der Waals surface area contributed by atoms with Crippen molar-refractivity contribution < 1.29 is 19.4 Å². The van der Waals surface area contributed by atoms with Crippen LogP contribution in [0.2, 0.25) is 0 Å². The highest BCUT2D eigenvalue weighted by atomic mass is 16.6. The third-order valence-electron chi connectivity index (χ3n) is 3.88. The second-order valence-electron chi connectivity index (χ2n) is 6.37. The predicted octanol–water partition coefficient (Wildman–Crippen LogP) is 2.01. The summed E-state index contributed by atoms with van der Waals surface area (Å²) >= 11 is 0. The Morgan fingerprint density at radius 1 is 1.22 bits per heavy atom. The molecule has 2 N–H and O–H groups in total. The van der Waals surface area contributed by atoms with E-state index in [1.54, 1.807) is 20.8 Å². The lowest BCUT2D eigenvalue weighted by molar-refractivity contribution is -0.144. The molecule has 2 saturated carbocycles. The highest BCUT2D eigenvalue weighted by Gasteiger charge is 2.51. The number of carbonyl (C=O) groups is 2. The van der Waals surface area contributed by atoms with Gasteiger partial charge in [-0.05, 0) is 51.9 Å². The minimum Gasteiger partial charge on any atom is -0.481 e. The second-order valence-corrected chi connectivity index (χ2v) is 6.37. The Balaban J connectivity index is 2.00. The number of amides is 1. The number of carboxylic acids is 1. The molecule has 102 valence electrons. The smallest absolute Gasteiger partial charge is 0.407 e. The molecule has 18 heavy (non-hydrogen) atoms. The Hall–Kier alpha value is -1.26. The Labute approximate surface area is 107 Å². The fourth-order valence-electron chi connectivity index (χ4n) is 3.30. The number of aliphatic carboxylic acids is 1. The molecule has 2 fully saturated rings. The number of fused-ring (bicyclic) bond motifs is 2.